The Balaban J connectivity index is 2.40. The summed E-state index contributed by atoms with van der Waals surface area (Å²) < 4.78 is 5.23. The molecule has 0 saturated heterocycles. The lowest BCUT2D eigenvalue weighted by molar-refractivity contribution is 0.505. The number of halogens is 1. The van der Waals surface area contributed by atoms with Gasteiger partial charge in [-0.3, -0.25) is 0 Å². The summed E-state index contributed by atoms with van der Waals surface area (Å²) in [6, 6.07) is 0.455. The van der Waals surface area contributed by atoms with Gasteiger partial charge in [-0.15, -0.1) is 16.7 Å². The van der Waals surface area contributed by atoms with Crippen molar-refractivity contribution in [2.45, 2.75) is 32.1 Å². The summed E-state index contributed by atoms with van der Waals surface area (Å²) in [5.41, 5.74) is 0. The van der Waals surface area contributed by atoms with Crippen LogP contribution in [0, 0.1) is 0 Å². The Hall–Kier alpha value is -0.770. The summed E-state index contributed by atoms with van der Waals surface area (Å²) in [5.74, 6) is 0.459. The maximum Gasteiger partial charge on any atom is 0.315 e. The zero-order chi connectivity index (χ0) is 9.68. The van der Waals surface area contributed by atoms with Crippen molar-refractivity contribution in [2.75, 3.05) is 11.9 Å². The smallest absolute Gasteiger partial charge is 0.315 e. The van der Waals surface area contributed by atoms with Crippen molar-refractivity contribution in [3.8, 4) is 0 Å². The van der Waals surface area contributed by atoms with Crippen molar-refractivity contribution in [1.29, 1.82) is 0 Å². The lowest BCUT2D eigenvalue weighted by Gasteiger charge is -1.97. The van der Waals surface area contributed by atoms with Gasteiger partial charge in [-0.05, 0) is 13.3 Å². The van der Waals surface area contributed by atoms with Gasteiger partial charge in [-0.2, -0.15) is 0 Å². The van der Waals surface area contributed by atoms with Crippen LogP contribution in [0.3, 0.4) is 0 Å². The normalized spacial score (nSPS) is 12.8. The standard InChI is InChI=1S/C8H14ClN3O/c1-3-4-5-10-8-12-11-7(13-8)6(2)9/h6H,3-5H2,1-2H3,(H,10,12). The minimum Gasteiger partial charge on any atom is -0.407 e. The number of alkyl halides is 1. The maximum atomic E-state index is 5.75. The molecule has 0 spiro atoms. The lowest BCUT2D eigenvalue weighted by Crippen LogP contribution is -2.00. The molecule has 1 atom stereocenters. The van der Waals surface area contributed by atoms with Crippen LogP contribution in [0.2, 0.25) is 0 Å². The molecule has 1 heterocycles. The molecule has 13 heavy (non-hydrogen) atoms. The SMILES string of the molecule is CCCCNc1nnc(C(C)Cl)o1. The van der Waals surface area contributed by atoms with E-state index in [1.165, 1.54) is 0 Å². The second-order valence-electron chi connectivity index (χ2n) is 2.84. The average Bonchev–Trinajstić information content (AvgIpc) is 2.53. The highest BCUT2D eigenvalue weighted by atomic mass is 35.5. The fourth-order valence-corrected chi connectivity index (χ4v) is 0.927. The van der Waals surface area contributed by atoms with E-state index >= 15 is 0 Å². The number of hydrogen-bond acceptors (Lipinski definition) is 4. The summed E-state index contributed by atoms with van der Waals surface area (Å²) in [7, 11) is 0. The predicted octanol–water partition coefficient (Wildman–Crippen LogP) is 2.58. The first-order valence-electron chi connectivity index (χ1n) is 4.45. The Morgan fingerprint density at radius 1 is 1.54 bits per heavy atom. The third-order valence-corrected chi connectivity index (χ3v) is 1.77. The molecule has 0 amide bonds. The highest BCUT2D eigenvalue weighted by Gasteiger charge is 2.09. The maximum absolute atomic E-state index is 5.75. The third kappa shape index (κ3) is 3.22. The fourth-order valence-electron chi connectivity index (χ4n) is 0.839. The van der Waals surface area contributed by atoms with Gasteiger partial charge in [0.1, 0.15) is 5.38 Å². The van der Waals surface area contributed by atoms with Crippen LogP contribution in [0.1, 0.15) is 38.0 Å². The predicted molar refractivity (Wildman–Crippen MR) is 52.0 cm³/mol. The van der Waals surface area contributed by atoms with Gasteiger partial charge >= 0.3 is 6.01 Å². The van der Waals surface area contributed by atoms with E-state index in [-0.39, 0.29) is 5.38 Å². The lowest BCUT2D eigenvalue weighted by atomic mass is 10.3. The Kier molecular flexibility index (Phi) is 4.02. The Morgan fingerprint density at radius 2 is 2.31 bits per heavy atom. The molecule has 1 aromatic heterocycles. The average molecular weight is 204 g/mol. The highest BCUT2D eigenvalue weighted by molar-refractivity contribution is 6.20. The van der Waals surface area contributed by atoms with Crippen molar-refractivity contribution in [1.82, 2.24) is 10.2 Å². The number of aromatic nitrogens is 2. The molecule has 4 nitrogen and oxygen atoms in total. The van der Waals surface area contributed by atoms with E-state index in [0.717, 1.165) is 19.4 Å². The van der Waals surface area contributed by atoms with Crippen molar-refractivity contribution < 1.29 is 4.42 Å². The summed E-state index contributed by atoms with van der Waals surface area (Å²) in [6.45, 7) is 4.78. The number of unbranched alkanes of at least 4 members (excludes halogenated alkanes) is 1. The van der Waals surface area contributed by atoms with Crippen molar-refractivity contribution in [3.63, 3.8) is 0 Å². The van der Waals surface area contributed by atoms with Gasteiger partial charge in [0.05, 0.1) is 0 Å². The van der Waals surface area contributed by atoms with Gasteiger partial charge in [0.2, 0.25) is 5.89 Å². The van der Waals surface area contributed by atoms with Gasteiger partial charge in [0.15, 0.2) is 0 Å². The van der Waals surface area contributed by atoms with E-state index in [2.05, 4.69) is 22.4 Å². The molecule has 1 N–H and O–H groups in total. The minimum absolute atomic E-state index is 0.228. The number of rotatable bonds is 5. The van der Waals surface area contributed by atoms with E-state index in [1.807, 2.05) is 0 Å². The minimum atomic E-state index is -0.228. The van der Waals surface area contributed by atoms with Crippen LogP contribution in [0.25, 0.3) is 0 Å². The molecule has 0 saturated carbocycles. The van der Waals surface area contributed by atoms with Gasteiger partial charge < -0.3 is 9.73 Å². The molecular weight excluding hydrogens is 190 g/mol. The van der Waals surface area contributed by atoms with Crippen LogP contribution in [-0.2, 0) is 0 Å². The Labute approximate surface area is 82.7 Å². The van der Waals surface area contributed by atoms with Crippen molar-refractivity contribution >= 4 is 17.6 Å². The molecule has 1 rings (SSSR count). The zero-order valence-corrected chi connectivity index (χ0v) is 8.64. The van der Waals surface area contributed by atoms with Crippen LogP contribution >= 0.6 is 11.6 Å². The van der Waals surface area contributed by atoms with Gasteiger partial charge in [-0.25, -0.2) is 0 Å². The first-order chi connectivity index (χ1) is 6.24. The Bertz CT molecular complexity index is 249. The van der Waals surface area contributed by atoms with E-state index in [9.17, 15) is 0 Å². The number of hydrogen-bond donors (Lipinski definition) is 1. The molecule has 0 aliphatic carbocycles. The van der Waals surface area contributed by atoms with E-state index in [0.29, 0.717) is 11.9 Å². The molecule has 1 unspecified atom stereocenters. The van der Waals surface area contributed by atoms with E-state index in [1.54, 1.807) is 6.92 Å². The number of nitrogens with zero attached hydrogens (tertiary/aromatic N) is 2. The van der Waals surface area contributed by atoms with E-state index < -0.39 is 0 Å². The fraction of sp³-hybridized carbons (Fsp3) is 0.750. The van der Waals surface area contributed by atoms with Crippen LogP contribution in [0.5, 0.6) is 0 Å². The third-order valence-electron chi connectivity index (χ3n) is 1.59. The molecule has 0 bridgehead atoms. The zero-order valence-electron chi connectivity index (χ0n) is 7.88. The molecule has 1 aromatic rings. The van der Waals surface area contributed by atoms with Crippen LogP contribution in [0.4, 0.5) is 6.01 Å². The topological polar surface area (TPSA) is 51.0 Å². The van der Waals surface area contributed by atoms with Crippen LogP contribution < -0.4 is 5.32 Å². The second kappa shape index (κ2) is 5.07. The highest BCUT2D eigenvalue weighted by Crippen LogP contribution is 2.18. The largest absolute Gasteiger partial charge is 0.407 e. The number of nitrogens with one attached hydrogen (secondary N) is 1. The molecule has 0 fully saturated rings. The van der Waals surface area contributed by atoms with Gasteiger partial charge in [0, 0.05) is 6.54 Å². The van der Waals surface area contributed by atoms with Crippen LogP contribution in [0.15, 0.2) is 4.42 Å². The molecule has 0 aromatic carbocycles. The first-order valence-corrected chi connectivity index (χ1v) is 4.89. The van der Waals surface area contributed by atoms with E-state index in [4.69, 9.17) is 16.0 Å². The molecule has 0 aliphatic heterocycles. The molecule has 74 valence electrons. The quantitative estimate of drug-likeness (QED) is 0.590. The summed E-state index contributed by atoms with van der Waals surface area (Å²) in [5, 5.41) is 10.4. The summed E-state index contributed by atoms with van der Waals surface area (Å²) in [4.78, 5) is 0. The molecule has 5 heteroatoms. The van der Waals surface area contributed by atoms with Gasteiger partial charge in [0.25, 0.3) is 0 Å². The number of anilines is 1. The molecule has 0 aliphatic rings. The monoisotopic (exact) mass is 203 g/mol. The Morgan fingerprint density at radius 3 is 2.85 bits per heavy atom. The first kappa shape index (κ1) is 10.3. The summed E-state index contributed by atoms with van der Waals surface area (Å²) >= 11 is 5.75. The van der Waals surface area contributed by atoms with Crippen molar-refractivity contribution in [3.05, 3.63) is 5.89 Å². The van der Waals surface area contributed by atoms with Gasteiger partial charge in [-0.1, -0.05) is 18.4 Å². The molecular formula is C8H14ClN3O. The summed E-state index contributed by atoms with van der Waals surface area (Å²) in [6.07, 6.45) is 2.23. The molecule has 0 radical (unpaired) electrons. The van der Waals surface area contributed by atoms with Crippen LogP contribution in [-0.4, -0.2) is 16.7 Å². The second-order valence-corrected chi connectivity index (χ2v) is 3.50. The van der Waals surface area contributed by atoms with Crippen molar-refractivity contribution in [2.24, 2.45) is 0 Å².